The maximum Gasteiger partial charge on any atom is 0.573 e. The van der Waals surface area contributed by atoms with E-state index in [1.807, 2.05) is 0 Å². The first-order chi connectivity index (χ1) is 15.8. The number of alkyl halides is 3. The number of halogens is 3. The number of imide groups is 1. The van der Waals surface area contributed by atoms with Crippen molar-refractivity contribution in [3.63, 3.8) is 0 Å². The lowest BCUT2D eigenvalue weighted by atomic mass is 10.1. The Bertz CT molecular complexity index is 1460. The van der Waals surface area contributed by atoms with Crippen LogP contribution in [0.3, 0.4) is 0 Å². The Hall–Kier alpha value is -3.36. The van der Waals surface area contributed by atoms with Crippen molar-refractivity contribution in [2.45, 2.75) is 11.3 Å². The highest BCUT2D eigenvalue weighted by Gasteiger charge is 2.35. The predicted molar refractivity (Wildman–Crippen MR) is 116 cm³/mol. The largest absolute Gasteiger partial charge is 0.573 e. The summed E-state index contributed by atoms with van der Waals surface area (Å²) in [5.41, 5.74) is 0.618. The molecule has 1 N–H and O–H groups in total. The van der Waals surface area contributed by atoms with Crippen LogP contribution < -0.4 is 10.1 Å². The molecule has 2 amide bonds. The third-order valence-corrected chi connectivity index (χ3v) is 7.26. The van der Waals surface area contributed by atoms with Gasteiger partial charge in [0.25, 0.3) is 11.1 Å². The fourth-order valence-electron chi connectivity index (χ4n) is 3.10. The summed E-state index contributed by atoms with van der Waals surface area (Å²) in [6, 6.07) is 4.77. The van der Waals surface area contributed by atoms with Gasteiger partial charge in [0, 0.05) is 43.5 Å². The van der Waals surface area contributed by atoms with Crippen LogP contribution in [-0.4, -0.2) is 49.3 Å². The minimum atomic E-state index is -5.14. The number of ether oxygens (including phenoxy) is 1. The van der Waals surface area contributed by atoms with Crippen molar-refractivity contribution in [1.82, 2.24) is 14.6 Å². The molecule has 0 unspecified atom stereocenters. The van der Waals surface area contributed by atoms with Crippen molar-refractivity contribution < 1.29 is 40.3 Å². The van der Waals surface area contributed by atoms with Crippen LogP contribution in [0.15, 0.2) is 50.9 Å². The van der Waals surface area contributed by atoms with Crippen LogP contribution in [0.4, 0.5) is 18.0 Å². The molecular formula is C20H14F3N3O6S2. The van der Waals surface area contributed by atoms with E-state index in [1.165, 1.54) is 44.7 Å². The number of furan rings is 1. The van der Waals surface area contributed by atoms with Gasteiger partial charge in [0.1, 0.15) is 22.0 Å². The lowest BCUT2D eigenvalue weighted by molar-refractivity contribution is -0.275. The van der Waals surface area contributed by atoms with E-state index in [4.69, 9.17) is 4.42 Å². The molecule has 4 rings (SSSR count). The molecule has 14 heteroatoms. The first kappa shape index (κ1) is 23.8. The zero-order valence-corrected chi connectivity index (χ0v) is 19.0. The van der Waals surface area contributed by atoms with Gasteiger partial charge in [-0.1, -0.05) is 6.07 Å². The Morgan fingerprint density at radius 2 is 1.91 bits per heavy atom. The number of sulfonamides is 1. The molecule has 1 aromatic carbocycles. The summed E-state index contributed by atoms with van der Waals surface area (Å²) in [5, 5.41) is 2.05. The number of fused-ring (bicyclic) bond motifs is 1. The van der Waals surface area contributed by atoms with Gasteiger partial charge in [-0.15, -0.1) is 13.2 Å². The normalized spacial score (nSPS) is 16.0. The molecule has 0 radical (unpaired) electrons. The van der Waals surface area contributed by atoms with Crippen molar-refractivity contribution >= 4 is 50.0 Å². The van der Waals surface area contributed by atoms with E-state index >= 15 is 0 Å². The van der Waals surface area contributed by atoms with E-state index in [-0.39, 0.29) is 27.4 Å². The van der Waals surface area contributed by atoms with Gasteiger partial charge in [0.15, 0.2) is 0 Å². The van der Waals surface area contributed by atoms with Crippen LogP contribution >= 0.6 is 11.8 Å². The summed E-state index contributed by atoms with van der Waals surface area (Å²) < 4.78 is 74.6. The Kier molecular flexibility index (Phi) is 5.91. The van der Waals surface area contributed by atoms with Crippen molar-refractivity contribution in [3.05, 3.63) is 47.3 Å². The van der Waals surface area contributed by atoms with E-state index in [0.29, 0.717) is 17.1 Å². The van der Waals surface area contributed by atoms with Crippen LogP contribution in [0.25, 0.3) is 28.2 Å². The van der Waals surface area contributed by atoms with Crippen molar-refractivity contribution in [2.75, 3.05) is 14.1 Å². The van der Waals surface area contributed by atoms with Gasteiger partial charge in [0.05, 0.1) is 4.91 Å². The molecule has 1 saturated heterocycles. The average Bonchev–Trinajstić information content (AvgIpc) is 3.27. The number of amides is 2. The minimum Gasteiger partial charge on any atom is -0.456 e. The van der Waals surface area contributed by atoms with E-state index < -0.39 is 38.2 Å². The third kappa shape index (κ3) is 4.64. The fraction of sp³-hybridized carbons (Fsp3) is 0.150. The number of pyridine rings is 1. The lowest BCUT2D eigenvalue weighted by Gasteiger charge is -2.17. The van der Waals surface area contributed by atoms with Crippen LogP contribution in [0.1, 0.15) is 5.76 Å². The third-order valence-electron chi connectivity index (χ3n) is 4.60. The monoisotopic (exact) mass is 513 g/mol. The molecule has 0 atom stereocenters. The standard InChI is InChI=1S/C20H14F3N3O6S2/c1-26(2)34(29,30)16-4-3-10(6-14(16)32-20(21,22)23)13-9-24-8-11-5-12(31-17(11)13)7-15-18(27)25-19(28)33-15/h3-9H,1-2H3,(H,25,27,28)/b15-7+. The van der Waals surface area contributed by atoms with Crippen molar-refractivity contribution in [2.24, 2.45) is 0 Å². The SMILES string of the molecule is CN(C)S(=O)(=O)c1ccc(-c2cncc3cc(/C=C4/SC(=O)NC4=O)oc23)cc1OC(F)(F)F. The van der Waals surface area contributed by atoms with Gasteiger partial charge >= 0.3 is 6.36 Å². The molecule has 1 aliphatic rings. The van der Waals surface area contributed by atoms with Gasteiger partial charge in [-0.3, -0.25) is 19.9 Å². The Balaban J connectivity index is 1.83. The molecule has 1 fully saturated rings. The zero-order valence-electron chi connectivity index (χ0n) is 17.3. The Labute approximate surface area is 194 Å². The summed E-state index contributed by atoms with van der Waals surface area (Å²) in [5.74, 6) is -1.29. The van der Waals surface area contributed by atoms with E-state index in [1.54, 1.807) is 0 Å². The Morgan fingerprint density at radius 1 is 1.18 bits per heavy atom. The van der Waals surface area contributed by atoms with E-state index in [9.17, 15) is 31.2 Å². The molecule has 3 aromatic rings. The topological polar surface area (TPSA) is 119 Å². The van der Waals surface area contributed by atoms with Crippen LogP contribution in [0, 0.1) is 0 Å². The maximum atomic E-state index is 13.0. The number of benzene rings is 1. The Morgan fingerprint density at radius 3 is 2.53 bits per heavy atom. The lowest BCUT2D eigenvalue weighted by Crippen LogP contribution is -2.25. The second-order valence-electron chi connectivity index (χ2n) is 7.10. The first-order valence-corrected chi connectivity index (χ1v) is 11.6. The zero-order chi connectivity index (χ0) is 24.8. The van der Waals surface area contributed by atoms with Gasteiger partial charge in [-0.25, -0.2) is 12.7 Å². The molecule has 178 valence electrons. The number of rotatable bonds is 5. The molecule has 0 spiro atoms. The molecule has 34 heavy (non-hydrogen) atoms. The highest BCUT2D eigenvalue weighted by molar-refractivity contribution is 8.18. The number of hydrogen-bond acceptors (Lipinski definition) is 8. The van der Waals surface area contributed by atoms with Gasteiger partial charge in [-0.2, -0.15) is 0 Å². The summed E-state index contributed by atoms with van der Waals surface area (Å²) in [7, 11) is -1.88. The molecule has 3 heterocycles. The van der Waals surface area contributed by atoms with E-state index in [2.05, 4.69) is 15.0 Å². The number of carbonyl (C=O) groups excluding carboxylic acids is 2. The summed E-state index contributed by atoms with van der Waals surface area (Å²) >= 11 is 0.694. The number of hydrogen-bond donors (Lipinski definition) is 1. The summed E-state index contributed by atoms with van der Waals surface area (Å²) in [4.78, 5) is 26.6. The number of nitrogens with zero attached hydrogens (tertiary/aromatic N) is 2. The predicted octanol–water partition coefficient (Wildman–Crippen LogP) is 3.97. The van der Waals surface area contributed by atoms with Gasteiger partial charge in [0.2, 0.25) is 10.0 Å². The highest BCUT2D eigenvalue weighted by atomic mass is 32.2. The summed E-state index contributed by atoms with van der Waals surface area (Å²) in [6.07, 6.45) is -1.02. The number of nitrogens with one attached hydrogen (secondary N) is 1. The van der Waals surface area contributed by atoms with E-state index in [0.717, 1.165) is 16.4 Å². The van der Waals surface area contributed by atoms with Crippen LogP contribution in [0.5, 0.6) is 5.75 Å². The molecular weight excluding hydrogens is 499 g/mol. The summed E-state index contributed by atoms with van der Waals surface area (Å²) in [6.45, 7) is 0. The maximum absolute atomic E-state index is 13.0. The van der Waals surface area contributed by atoms with Crippen molar-refractivity contribution in [1.29, 1.82) is 0 Å². The average molecular weight is 513 g/mol. The molecule has 0 aliphatic carbocycles. The molecule has 2 aromatic heterocycles. The number of aromatic nitrogens is 1. The molecule has 0 saturated carbocycles. The molecule has 1 aliphatic heterocycles. The van der Waals surface area contributed by atoms with Crippen molar-refractivity contribution in [3.8, 4) is 16.9 Å². The van der Waals surface area contributed by atoms with Gasteiger partial charge < -0.3 is 9.15 Å². The fourth-order valence-corrected chi connectivity index (χ4v) is 4.75. The smallest absolute Gasteiger partial charge is 0.456 e. The number of carbonyl (C=O) groups is 2. The molecule has 9 nitrogen and oxygen atoms in total. The minimum absolute atomic E-state index is 0.109. The molecule has 0 bridgehead atoms. The second-order valence-corrected chi connectivity index (χ2v) is 10.2. The quantitative estimate of drug-likeness (QED) is 0.509. The first-order valence-electron chi connectivity index (χ1n) is 9.30. The van der Waals surface area contributed by atoms with Gasteiger partial charge in [-0.05, 0) is 35.5 Å². The van der Waals surface area contributed by atoms with Crippen LogP contribution in [0.2, 0.25) is 0 Å². The second kappa shape index (κ2) is 8.45. The number of thioether (sulfide) groups is 1. The highest BCUT2D eigenvalue weighted by Crippen LogP contribution is 2.38. The van der Waals surface area contributed by atoms with Crippen LogP contribution in [-0.2, 0) is 14.8 Å².